The van der Waals surface area contributed by atoms with E-state index in [2.05, 4.69) is 22.8 Å². The van der Waals surface area contributed by atoms with Gasteiger partial charge in [0.05, 0.1) is 118 Å². The lowest BCUT2D eigenvalue weighted by Crippen LogP contribution is -2.09. The average Bonchev–Trinajstić information content (AvgIpc) is 1.76. The summed E-state index contributed by atoms with van der Waals surface area (Å²) in [4.78, 5) is 63.5. The summed E-state index contributed by atoms with van der Waals surface area (Å²) in [5, 5.41) is 82.1. The van der Waals surface area contributed by atoms with Crippen molar-refractivity contribution in [3.8, 4) is 97.7 Å². The zero-order chi connectivity index (χ0) is 101. The van der Waals surface area contributed by atoms with Crippen LogP contribution in [0.1, 0.15) is 66.8 Å². The topological polar surface area (TPSA) is 457 Å². The van der Waals surface area contributed by atoms with Crippen LogP contribution in [0.3, 0.4) is 0 Å². The number of nitrogens with zero attached hydrogens (tertiary/aromatic N) is 5. The Labute approximate surface area is 799 Å². The fourth-order valence-electron chi connectivity index (χ4n) is 12.8. The van der Waals surface area contributed by atoms with Crippen molar-refractivity contribution in [2.45, 2.75) is 0 Å². The summed E-state index contributed by atoms with van der Waals surface area (Å²) < 4.78 is 78.8. The largest absolute Gasteiger partial charge is 0.508 e. The molecule has 0 saturated heterocycles. The van der Waals surface area contributed by atoms with Crippen molar-refractivity contribution in [3.63, 3.8) is 0 Å². The Morgan fingerprint density at radius 2 is 0.532 bits per heavy atom. The molecule has 35 heteroatoms. The minimum absolute atomic E-state index is 0.0341. The molecule has 0 aliphatic heterocycles. The third kappa shape index (κ3) is 33.1. The minimum atomic E-state index is -1.09. The second-order valence-corrected chi connectivity index (χ2v) is 28.9. The van der Waals surface area contributed by atoms with Crippen LogP contribution in [0.15, 0.2) is 231 Å². The first-order valence-corrected chi connectivity index (χ1v) is 41.4. The maximum Gasteiger partial charge on any atom is 0.341 e. The van der Waals surface area contributed by atoms with Gasteiger partial charge in [-0.1, -0.05) is 115 Å². The number of methoxy groups -OCH3 is 13. The third-order valence-corrected chi connectivity index (χ3v) is 19.7. The van der Waals surface area contributed by atoms with Crippen molar-refractivity contribution in [2.75, 3.05) is 111 Å². The van der Waals surface area contributed by atoms with E-state index in [4.69, 9.17) is 87.0 Å². The maximum absolute atomic E-state index is 11.1. The highest BCUT2D eigenvalue weighted by Gasteiger charge is 2.20. The molecule has 722 valence electrons. The lowest BCUT2D eigenvalue weighted by Gasteiger charge is -2.08. The molecular formula is C104H102N6O29. The van der Waals surface area contributed by atoms with E-state index in [-0.39, 0.29) is 57.2 Å². The highest BCUT2D eigenvalue weighted by Crippen LogP contribution is 2.37. The number of carboxylic acid groups (broad SMARTS) is 2. The second kappa shape index (κ2) is 53.3. The number of aryl methyl sites for hydroxylation is 1. The molecule has 12 aromatic carbocycles. The van der Waals surface area contributed by atoms with Crippen molar-refractivity contribution in [2.24, 2.45) is 7.05 Å². The fourth-order valence-corrected chi connectivity index (χ4v) is 12.8. The first-order chi connectivity index (χ1) is 66.8. The molecule has 0 fully saturated rings. The molecule has 0 aliphatic rings. The molecule has 35 nitrogen and oxygen atoms in total. The Balaban J connectivity index is 0.000000205. The minimum Gasteiger partial charge on any atom is -0.508 e. The Kier molecular flexibility index (Phi) is 40.6. The molecule has 139 heavy (non-hydrogen) atoms. The van der Waals surface area contributed by atoms with Crippen molar-refractivity contribution >= 4 is 124 Å². The number of anilines is 1. The van der Waals surface area contributed by atoms with Crippen LogP contribution in [0.4, 0.5) is 28.4 Å². The molecular weight excluding hydrogens is 1800 g/mol. The number of aromatic hydroxyl groups is 2. The molecule has 13 aromatic rings. The predicted octanol–water partition coefficient (Wildman–Crippen LogP) is 21.3. The Morgan fingerprint density at radius 3 is 0.813 bits per heavy atom. The van der Waals surface area contributed by atoms with E-state index in [1.165, 1.54) is 105 Å². The molecule has 0 saturated carbocycles. The molecule has 1 heterocycles. The van der Waals surface area contributed by atoms with Crippen molar-refractivity contribution in [1.82, 2.24) is 4.57 Å². The van der Waals surface area contributed by atoms with Crippen LogP contribution < -0.4 is 76.8 Å². The first-order valence-electron chi connectivity index (χ1n) is 41.4. The van der Waals surface area contributed by atoms with Gasteiger partial charge < -0.3 is 102 Å². The maximum atomic E-state index is 11.1. The Morgan fingerprint density at radius 1 is 0.288 bits per heavy atom. The molecule has 0 bridgehead atoms. The number of hydrogen-bond acceptors (Lipinski definition) is 28. The van der Waals surface area contributed by atoms with Gasteiger partial charge in [0.2, 0.25) is 0 Å². The van der Waals surface area contributed by atoms with Crippen LogP contribution in [-0.2, 0) is 16.6 Å². The number of benzene rings is 12. The van der Waals surface area contributed by atoms with Crippen molar-refractivity contribution in [1.29, 1.82) is 0 Å². The second-order valence-electron chi connectivity index (χ2n) is 28.9. The molecule has 0 aliphatic carbocycles. The summed E-state index contributed by atoms with van der Waals surface area (Å²) in [6.45, 7) is -0.942. The van der Waals surface area contributed by atoms with Gasteiger partial charge in [0.1, 0.15) is 63.2 Å². The number of nitrogen functional groups attached to an aromatic ring is 1. The number of ether oxygens (including phenoxy) is 15. The molecule has 0 amide bonds. The van der Waals surface area contributed by atoms with E-state index < -0.39 is 44.8 Å². The van der Waals surface area contributed by atoms with Gasteiger partial charge in [0.15, 0.2) is 47.7 Å². The Bertz CT molecular complexity index is 6360. The number of hydrogen-bond donors (Lipinski definition) is 5. The first kappa shape index (κ1) is 106. The lowest BCUT2D eigenvalue weighted by atomic mass is 10.1. The lowest BCUT2D eigenvalue weighted by molar-refractivity contribution is -0.385. The summed E-state index contributed by atoms with van der Waals surface area (Å²) in [6, 6.07) is 63.9. The summed E-state index contributed by atoms with van der Waals surface area (Å²) >= 11 is 0. The van der Waals surface area contributed by atoms with E-state index in [1.54, 1.807) is 169 Å². The van der Waals surface area contributed by atoms with Gasteiger partial charge in [-0.25, -0.2) is 9.59 Å². The van der Waals surface area contributed by atoms with Gasteiger partial charge in [-0.2, -0.15) is 0 Å². The van der Waals surface area contributed by atoms with Crippen LogP contribution in [0.25, 0.3) is 83.8 Å². The van der Waals surface area contributed by atoms with Crippen molar-refractivity contribution in [3.05, 3.63) is 338 Å². The molecule has 1 aromatic heterocycles. The monoisotopic (exact) mass is 1900 g/mol. The van der Waals surface area contributed by atoms with E-state index >= 15 is 0 Å². The van der Waals surface area contributed by atoms with Gasteiger partial charge >= 0.3 is 34.7 Å². The summed E-state index contributed by atoms with van der Waals surface area (Å²) in [6.07, 6.45) is 23.8. The Hall–Kier alpha value is -18.4. The van der Waals surface area contributed by atoms with Gasteiger partial charge in [0, 0.05) is 78.7 Å². The number of carbonyl (C=O) groups is 2. The molecule has 0 radical (unpaired) electrons. The predicted molar refractivity (Wildman–Crippen MR) is 533 cm³/mol. The van der Waals surface area contributed by atoms with Crippen LogP contribution in [0.2, 0.25) is 0 Å². The molecule has 0 unspecified atom stereocenters. The van der Waals surface area contributed by atoms with Crippen LogP contribution >= 0.6 is 0 Å². The number of fused-ring (bicyclic) bond motifs is 1. The van der Waals surface area contributed by atoms with E-state index in [1.807, 2.05) is 116 Å². The van der Waals surface area contributed by atoms with Crippen LogP contribution in [-0.4, -0.2) is 162 Å². The van der Waals surface area contributed by atoms with E-state index in [0.29, 0.717) is 73.8 Å². The number of aliphatic carboxylic acids is 2. The van der Waals surface area contributed by atoms with E-state index in [0.717, 1.165) is 67.3 Å². The van der Waals surface area contributed by atoms with Gasteiger partial charge in [-0.05, 0) is 194 Å². The standard InChI is InChI=1S/C18H16N2O3.2C18H17NO7.C17H19NO3.C17H18O4.C16H15NO5/c1-19-10-9-15-11-13(5-7-16(15)19)3-4-14-6-8-18(23-2)17(12-14)20(21)22;2*1-24-14-7-13(8-15(10-14)26-11-18(20)21)4-3-12-5-6-17(25-2)16(9-12)19(22)23;2*1-19-14-8-13(9-15(11-14)20-2)5-4-12-6-7-17(21-3)16(18)10-12;1-21-14-8-12(7-13(18)10-14)4-3-11-5-6-16(22-2)15(9-11)17(19)20/h3-12H,1-2H3;2*3-10H,11H2,1-2H3,(H,20,21);4-11H,18H2,1-3H3;4-11,18H,1-3H3;3-10,18H,1-2H3/b4-3-;4-3+;4-3-;2*5-4+;4-3-. The quantitative estimate of drug-likeness (QED) is 0.0107. The molecule has 13 rings (SSSR count). The number of phenolic OH excluding ortho intramolecular Hbond substituents is 2. The summed E-state index contributed by atoms with van der Waals surface area (Å²) in [7, 11) is 21.6. The zero-order valence-corrected chi connectivity index (χ0v) is 78.1. The van der Waals surface area contributed by atoms with Crippen LogP contribution in [0, 0.1) is 40.5 Å². The van der Waals surface area contributed by atoms with Crippen molar-refractivity contribution < 1.29 is 121 Å². The number of nitro groups is 4. The number of phenols is 2. The third-order valence-electron chi connectivity index (χ3n) is 19.7. The van der Waals surface area contributed by atoms with Crippen LogP contribution in [0.5, 0.6) is 97.7 Å². The molecule has 0 atom stereocenters. The molecule has 6 N–H and O–H groups in total. The SMILES string of the molecule is COc1cc(/C=C/c2ccc(OC)c(N)c2)cc(OC)c1.COc1cc(/C=C/c2ccc(OC)c(O)c2)cc(OC)c1.COc1cc(/C=C/c2ccc(OC)c([N+](=O)[O-])c2)cc(OCC(=O)O)c1.COc1cc(/C=C\c2ccc(OC)c([N+](=O)[O-])c2)cc(OCC(=O)O)c1.COc1cc(O)cc(/C=C\c2ccc(OC)c([N+](=O)[O-])c2)c1.COc1ccc(/C=C\c2ccc3c(ccn3C)c2)cc1[N+](=O)[O-]. The molecule has 0 spiro atoms. The van der Waals surface area contributed by atoms with Gasteiger partial charge in [-0.15, -0.1) is 0 Å². The number of aromatic nitrogens is 1. The number of rotatable bonds is 35. The van der Waals surface area contributed by atoms with E-state index in [9.17, 15) is 60.3 Å². The highest BCUT2D eigenvalue weighted by atomic mass is 16.6. The normalized spacial score (nSPS) is 10.7. The number of carboxylic acids is 2. The van der Waals surface area contributed by atoms with Gasteiger partial charge in [0.25, 0.3) is 0 Å². The highest BCUT2D eigenvalue weighted by molar-refractivity contribution is 5.85. The fraction of sp³-hybridized carbons (Fsp3) is 0.154. The average molecular weight is 1900 g/mol. The summed E-state index contributed by atoms with van der Waals surface area (Å²) in [5.41, 5.74) is 16.8. The zero-order valence-electron chi connectivity index (χ0n) is 78.1. The number of nitrogens with two attached hydrogens (primary N) is 1. The van der Waals surface area contributed by atoms with Gasteiger partial charge in [-0.3, -0.25) is 40.5 Å². The summed E-state index contributed by atoms with van der Waals surface area (Å²) in [5.74, 6) is 5.14. The smallest absolute Gasteiger partial charge is 0.341 e. The number of nitro benzene ring substituents is 4.